The summed E-state index contributed by atoms with van der Waals surface area (Å²) in [6.07, 6.45) is 2.25. The van der Waals surface area contributed by atoms with Crippen molar-refractivity contribution in [1.29, 1.82) is 0 Å². The summed E-state index contributed by atoms with van der Waals surface area (Å²) in [4.78, 5) is 7.06. The Hall–Kier alpha value is -1.75. The van der Waals surface area contributed by atoms with Gasteiger partial charge in [-0.05, 0) is 38.9 Å². The molecule has 0 bridgehead atoms. The second-order valence-electron chi connectivity index (χ2n) is 6.44. The molecular weight excluding hydrogens is 300 g/mol. The van der Waals surface area contributed by atoms with Crippen LogP contribution in [-0.2, 0) is 6.42 Å². The van der Waals surface area contributed by atoms with Crippen molar-refractivity contribution in [1.82, 2.24) is 15.5 Å². The Bertz CT molecular complexity index is 507. The third-order valence-electron chi connectivity index (χ3n) is 4.61. The Balaban J connectivity index is 1.79. The van der Waals surface area contributed by atoms with Crippen LogP contribution in [0.3, 0.4) is 0 Å². The molecule has 0 spiro atoms. The molecular formula is C19H32N4O. The highest BCUT2D eigenvalue weighted by Gasteiger charge is 2.21. The number of likely N-dealkylation sites (N-methyl/N-ethyl adjacent to an activating group) is 1. The van der Waals surface area contributed by atoms with Gasteiger partial charge >= 0.3 is 0 Å². The second-order valence-corrected chi connectivity index (χ2v) is 6.44. The maximum absolute atomic E-state index is 5.95. The SMILES string of the molecule is CCNC(=NCC1Cc2ccccc2O1)NCCN(C)C(C)CC. The van der Waals surface area contributed by atoms with Crippen molar-refractivity contribution in [3.63, 3.8) is 0 Å². The number of nitrogens with zero attached hydrogens (tertiary/aromatic N) is 2. The summed E-state index contributed by atoms with van der Waals surface area (Å²) in [5.74, 6) is 1.88. The molecule has 0 aliphatic carbocycles. The highest BCUT2D eigenvalue weighted by molar-refractivity contribution is 5.79. The molecule has 1 aromatic carbocycles. The van der Waals surface area contributed by atoms with Crippen LogP contribution >= 0.6 is 0 Å². The highest BCUT2D eigenvalue weighted by atomic mass is 16.5. The lowest BCUT2D eigenvalue weighted by Gasteiger charge is -2.24. The molecule has 2 N–H and O–H groups in total. The first-order valence-electron chi connectivity index (χ1n) is 9.11. The van der Waals surface area contributed by atoms with Gasteiger partial charge in [0.2, 0.25) is 0 Å². The number of ether oxygens (including phenoxy) is 1. The van der Waals surface area contributed by atoms with E-state index in [9.17, 15) is 0 Å². The van der Waals surface area contributed by atoms with Gasteiger partial charge < -0.3 is 20.3 Å². The van der Waals surface area contributed by atoms with Gasteiger partial charge in [0.25, 0.3) is 0 Å². The van der Waals surface area contributed by atoms with E-state index in [4.69, 9.17) is 9.73 Å². The smallest absolute Gasteiger partial charge is 0.191 e. The number of aliphatic imine (C=N–C) groups is 1. The Morgan fingerprint density at radius 3 is 2.83 bits per heavy atom. The molecule has 24 heavy (non-hydrogen) atoms. The van der Waals surface area contributed by atoms with Crippen LogP contribution in [0.5, 0.6) is 5.75 Å². The summed E-state index contributed by atoms with van der Waals surface area (Å²) in [7, 11) is 2.17. The normalized spacial score (nSPS) is 18.2. The van der Waals surface area contributed by atoms with E-state index < -0.39 is 0 Å². The predicted molar refractivity (Wildman–Crippen MR) is 101 cm³/mol. The van der Waals surface area contributed by atoms with Crippen molar-refractivity contribution in [2.45, 2.75) is 45.8 Å². The van der Waals surface area contributed by atoms with Gasteiger partial charge in [0.1, 0.15) is 11.9 Å². The summed E-state index contributed by atoms with van der Waals surface area (Å²) in [5.41, 5.74) is 1.28. The van der Waals surface area contributed by atoms with E-state index in [0.717, 1.165) is 37.8 Å². The number of guanidine groups is 1. The second kappa shape index (κ2) is 9.52. The maximum Gasteiger partial charge on any atom is 0.191 e. The molecule has 0 amide bonds. The van der Waals surface area contributed by atoms with Crippen LogP contribution in [0.2, 0.25) is 0 Å². The van der Waals surface area contributed by atoms with Crippen LogP contribution in [0.1, 0.15) is 32.8 Å². The zero-order valence-corrected chi connectivity index (χ0v) is 15.5. The lowest BCUT2D eigenvalue weighted by Crippen LogP contribution is -2.42. The zero-order valence-electron chi connectivity index (χ0n) is 15.5. The van der Waals surface area contributed by atoms with Crippen molar-refractivity contribution in [3.8, 4) is 5.75 Å². The number of para-hydroxylation sites is 1. The first kappa shape index (κ1) is 18.6. The van der Waals surface area contributed by atoms with Crippen LogP contribution in [0, 0.1) is 0 Å². The Labute approximate surface area is 146 Å². The Morgan fingerprint density at radius 1 is 1.33 bits per heavy atom. The van der Waals surface area contributed by atoms with E-state index in [1.807, 2.05) is 12.1 Å². The molecule has 2 atom stereocenters. The lowest BCUT2D eigenvalue weighted by molar-refractivity contribution is 0.241. The average Bonchev–Trinajstić information content (AvgIpc) is 3.01. The molecule has 1 aliphatic heterocycles. The van der Waals surface area contributed by atoms with Crippen LogP contribution in [-0.4, -0.2) is 56.2 Å². The molecule has 134 valence electrons. The first-order chi connectivity index (χ1) is 11.6. The molecule has 2 unspecified atom stereocenters. The Kier molecular flexibility index (Phi) is 7.37. The molecule has 0 radical (unpaired) electrons. The van der Waals surface area contributed by atoms with Gasteiger partial charge in [0, 0.05) is 32.1 Å². The van der Waals surface area contributed by atoms with Crippen LogP contribution < -0.4 is 15.4 Å². The molecule has 0 aromatic heterocycles. The topological polar surface area (TPSA) is 48.9 Å². The quantitative estimate of drug-likeness (QED) is 0.566. The third-order valence-corrected chi connectivity index (χ3v) is 4.61. The van der Waals surface area contributed by atoms with E-state index in [-0.39, 0.29) is 6.10 Å². The van der Waals surface area contributed by atoms with Crippen molar-refractivity contribution in [2.75, 3.05) is 33.2 Å². The van der Waals surface area contributed by atoms with Gasteiger partial charge in [-0.15, -0.1) is 0 Å². The fourth-order valence-corrected chi connectivity index (χ4v) is 2.77. The standard InChI is InChI=1S/C19H32N4O/c1-5-15(3)23(4)12-11-21-19(20-6-2)22-14-17-13-16-9-7-8-10-18(16)24-17/h7-10,15,17H,5-6,11-14H2,1-4H3,(H2,20,21,22). The molecule has 0 saturated carbocycles. The fourth-order valence-electron chi connectivity index (χ4n) is 2.77. The van der Waals surface area contributed by atoms with Gasteiger partial charge in [-0.2, -0.15) is 0 Å². The number of nitrogens with one attached hydrogen (secondary N) is 2. The number of hydrogen-bond donors (Lipinski definition) is 2. The Morgan fingerprint density at radius 2 is 2.12 bits per heavy atom. The molecule has 1 aliphatic rings. The minimum Gasteiger partial charge on any atom is -0.488 e. The van der Waals surface area contributed by atoms with E-state index in [0.29, 0.717) is 12.6 Å². The van der Waals surface area contributed by atoms with Crippen LogP contribution in [0.15, 0.2) is 29.3 Å². The number of hydrogen-bond acceptors (Lipinski definition) is 3. The molecule has 1 heterocycles. The van der Waals surface area contributed by atoms with E-state index in [2.05, 4.69) is 55.5 Å². The average molecular weight is 332 g/mol. The van der Waals surface area contributed by atoms with Gasteiger partial charge in [-0.25, -0.2) is 4.99 Å². The lowest BCUT2D eigenvalue weighted by atomic mass is 10.1. The predicted octanol–water partition coefficient (Wildman–Crippen LogP) is 2.28. The number of benzene rings is 1. The third kappa shape index (κ3) is 5.41. The molecule has 0 saturated heterocycles. The van der Waals surface area contributed by atoms with Crippen LogP contribution in [0.4, 0.5) is 0 Å². The summed E-state index contributed by atoms with van der Waals surface area (Å²) in [6.45, 7) is 9.99. The molecule has 5 heteroatoms. The van der Waals surface area contributed by atoms with E-state index in [1.165, 1.54) is 12.0 Å². The minimum atomic E-state index is 0.139. The summed E-state index contributed by atoms with van der Waals surface area (Å²) in [6, 6.07) is 8.86. The molecule has 5 nitrogen and oxygen atoms in total. The molecule has 2 rings (SSSR count). The van der Waals surface area contributed by atoms with Crippen molar-refractivity contribution >= 4 is 5.96 Å². The van der Waals surface area contributed by atoms with E-state index >= 15 is 0 Å². The molecule has 0 fully saturated rings. The van der Waals surface area contributed by atoms with Gasteiger partial charge in [0.05, 0.1) is 6.54 Å². The summed E-state index contributed by atoms with van der Waals surface area (Å²) >= 11 is 0. The van der Waals surface area contributed by atoms with Crippen molar-refractivity contribution < 1.29 is 4.74 Å². The zero-order chi connectivity index (χ0) is 17.4. The van der Waals surface area contributed by atoms with E-state index in [1.54, 1.807) is 0 Å². The van der Waals surface area contributed by atoms with Crippen molar-refractivity contribution in [2.24, 2.45) is 4.99 Å². The highest BCUT2D eigenvalue weighted by Crippen LogP contribution is 2.28. The fraction of sp³-hybridized carbons (Fsp3) is 0.632. The summed E-state index contributed by atoms with van der Waals surface area (Å²) < 4.78 is 5.95. The number of rotatable bonds is 8. The van der Waals surface area contributed by atoms with Crippen molar-refractivity contribution in [3.05, 3.63) is 29.8 Å². The van der Waals surface area contributed by atoms with Crippen LogP contribution in [0.25, 0.3) is 0 Å². The summed E-state index contributed by atoms with van der Waals surface area (Å²) in [5, 5.41) is 6.73. The monoisotopic (exact) mass is 332 g/mol. The van der Waals surface area contributed by atoms with Gasteiger partial charge in [-0.3, -0.25) is 0 Å². The largest absolute Gasteiger partial charge is 0.488 e. The van der Waals surface area contributed by atoms with Gasteiger partial charge in [-0.1, -0.05) is 25.1 Å². The van der Waals surface area contributed by atoms with Gasteiger partial charge in [0.15, 0.2) is 5.96 Å². The maximum atomic E-state index is 5.95. The first-order valence-corrected chi connectivity index (χ1v) is 9.11. The number of fused-ring (bicyclic) bond motifs is 1. The molecule has 1 aromatic rings. The minimum absolute atomic E-state index is 0.139.